The second kappa shape index (κ2) is 6.08. The van der Waals surface area contributed by atoms with E-state index in [1.807, 2.05) is 11.8 Å². The zero-order valence-electron chi connectivity index (χ0n) is 12.3. The van der Waals surface area contributed by atoms with Crippen molar-refractivity contribution >= 4 is 11.8 Å². The van der Waals surface area contributed by atoms with Gasteiger partial charge in [0.25, 0.3) is 0 Å². The summed E-state index contributed by atoms with van der Waals surface area (Å²) in [5.74, 6) is 2.43. The molecule has 1 aromatic carbocycles. The van der Waals surface area contributed by atoms with E-state index in [1.54, 1.807) is 0 Å². The van der Waals surface area contributed by atoms with E-state index in [4.69, 9.17) is 0 Å². The van der Waals surface area contributed by atoms with Crippen LogP contribution in [0.25, 0.3) is 0 Å². The van der Waals surface area contributed by atoms with Crippen LogP contribution in [-0.2, 0) is 0 Å². The predicted molar refractivity (Wildman–Crippen MR) is 85.4 cm³/mol. The average Bonchev–Trinajstić information content (AvgIpc) is 2.82. The first-order chi connectivity index (χ1) is 9.66. The zero-order valence-corrected chi connectivity index (χ0v) is 13.1. The number of rotatable bonds is 4. The normalized spacial score (nSPS) is 33.1. The zero-order chi connectivity index (χ0) is 14.0. The van der Waals surface area contributed by atoms with E-state index in [9.17, 15) is 5.11 Å². The van der Waals surface area contributed by atoms with Gasteiger partial charge in [-0.2, -0.15) is 0 Å². The molecule has 1 saturated carbocycles. The molecule has 0 aromatic heterocycles. The second-order valence-corrected chi connectivity index (χ2v) is 7.66. The van der Waals surface area contributed by atoms with Crippen LogP contribution in [0.2, 0.25) is 0 Å². The summed E-state index contributed by atoms with van der Waals surface area (Å²) in [6.45, 7) is 4.00. The van der Waals surface area contributed by atoms with Gasteiger partial charge in [-0.1, -0.05) is 38.0 Å². The van der Waals surface area contributed by atoms with Crippen molar-refractivity contribution in [3.63, 3.8) is 0 Å². The fourth-order valence-corrected chi connectivity index (χ4v) is 4.92. The lowest BCUT2D eigenvalue weighted by molar-refractivity contribution is -0.0117. The van der Waals surface area contributed by atoms with Gasteiger partial charge in [-0.3, -0.25) is 0 Å². The summed E-state index contributed by atoms with van der Waals surface area (Å²) in [5.41, 5.74) is 1.01. The van der Waals surface area contributed by atoms with Gasteiger partial charge in [-0.05, 0) is 30.4 Å². The van der Waals surface area contributed by atoms with E-state index < -0.39 is 5.60 Å². The molecule has 20 heavy (non-hydrogen) atoms. The molecule has 0 amide bonds. The fourth-order valence-electron chi connectivity index (χ4n) is 3.67. The molecule has 3 heteroatoms. The van der Waals surface area contributed by atoms with Crippen molar-refractivity contribution in [3.8, 4) is 0 Å². The van der Waals surface area contributed by atoms with Crippen LogP contribution in [0.4, 0.5) is 0 Å². The maximum atomic E-state index is 10.6. The van der Waals surface area contributed by atoms with Crippen molar-refractivity contribution in [2.75, 3.05) is 18.8 Å². The molecule has 0 bridgehead atoms. The molecule has 2 nitrogen and oxygen atoms in total. The minimum atomic E-state index is -0.469. The van der Waals surface area contributed by atoms with Crippen LogP contribution in [0.3, 0.4) is 0 Å². The number of nitrogens with one attached hydrogen (secondary N) is 1. The van der Waals surface area contributed by atoms with E-state index in [1.165, 1.54) is 29.1 Å². The van der Waals surface area contributed by atoms with Crippen molar-refractivity contribution < 1.29 is 5.11 Å². The van der Waals surface area contributed by atoms with E-state index in [-0.39, 0.29) is 0 Å². The first-order valence-electron chi connectivity index (χ1n) is 7.81. The summed E-state index contributed by atoms with van der Waals surface area (Å²) in [4.78, 5) is 1.43. The minimum absolute atomic E-state index is 0.469. The Balaban J connectivity index is 1.51. The standard InChI is InChI=1S/C17H25NOS/c1-13-5-4-8-17(19,9-13)12-18-10-14-11-20-16-7-3-2-6-15(14)16/h2-3,6-7,13-14,18-19H,4-5,8-12H2,1H3. The van der Waals surface area contributed by atoms with E-state index >= 15 is 0 Å². The van der Waals surface area contributed by atoms with Crippen LogP contribution >= 0.6 is 11.8 Å². The average molecular weight is 291 g/mol. The van der Waals surface area contributed by atoms with Crippen molar-refractivity contribution in [3.05, 3.63) is 29.8 Å². The monoisotopic (exact) mass is 291 g/mol. The fraction of sp³-hybridized carbons (Fsp3) is 0.647. The van der Waals surface area contributed by atoms with Crippen molar-refractivity contribution in [2.45, 2.75) is 49.0 Å². The van der Waals surface area contributed by atoms with E-state index in [0.29, 0.717) is 11.8 Å². The van der Waals surface area contributed by atoms with Gasteiger partial charge in [0.15, 0.2) is 0 Å². The number of hydrogen-bond donors (Lipinski definition) is 2. The van der Waals surface area contributed by atoms with Crippen LogP contribution < -0.4 is 5.32 Å². The van der Waals surface area contributed by atoms with Gasteiger partial charge < -0.3 is 10.4 Å². The molecule has 1 aliphatic carbocycles. The second-order valence-electron chi connectivity index (χ2n) is 6.60. The summed E-state index contributed by atoms with van der Waals surface area (Å²) in [6.07, 6.45) is 4.35. The van der Waals surface area contributed by atoms with Gasteiger partial charge in [0.1, 0.15) is 0 Å². The van der Waals surface area contributed by atoms with E-state index in [0.717, 1.165) is 25.9 Å². The smallest absolute Gasteiger partial charge is 0.0774 e. The number of aliphatic hydroxyl groups is 1. The molecule has 2 N–H and O–H groups in total. The van der Waals surface area contributed by atoms with Gasteiger partial charge in [0, 0.05) is 29.7 Å². The molecule has 1 heterocycles. The van der Waals surface area contributed by atoms with Crippen LogP contribution in [0, 0.1) is 5.92 Å². The minimum Gasteiger partial charge on any atom is -0.389 e. The highest BCUT2D eigenvalue weighted by Gasteiger charge is 2.32. The first-order valence-corrected chi connectivity index (χ1v) is 8.80. The largest absolute Gasteiger partial charge is 0.389 e. The predicted octanol–water partition coefficient (Wildman–Crippen LogP) is 3.41. The third-order valence-electron chi connectivity index (χ3n) is 4.71. The molecule has 0 saturated heterocycles. The Morgan fingerprint density at radius 1 is 1.40 bits per heavy atom. The number of thioether (sulfide) groups is 1. The summed E-state index contributed by atoms with van der Waals surface area (Å²) in [5, 5.41) is 14.2. The lowest BCUT2D eigenvalue weighted by Gasteiger charge is -2.36. The molecule has 1 fully saturated rings. The van der Waals surface area contributed by atoms with Crippen LogP contribution in [-0.4, -0.2) is 29.5 Å². The van der Waals surface area contributed by atoms with Crippen LogP contribution in [0.5, 0.6) is 0 Å². The Labute approximate surface area is 126 Å². The molecule has 1 aliphatic heterocycles. The highest BCUT2D eigenvalue weighted by Crippen LogP contribution is 2.39. The third kappa shape index (κ3) is 3.21. The summed E-state index contributed by atoms with van der Waals surface area (Å²) >= 11 is 1.96. The molecule has 0 spiro atoms. The Bertz CT molecular complexity index is 464. The topological polar surface area (TPSA) is 32.3 Å². The van der Waals surface area contributed by atoms with Gasteiger partial charge >= 0.3 is 0 Å². The Hall–Kier alpha value is -0.510. The molecular weight excluding hydrogens is 266 g/mol. The van der Waals surface area contributed by atoms with Crippen LogP contribution in [0.15, 0.2) is 29.2 Å². The maximum absolute atomic E-state index is 10.6. The molecular formula is C17H25NOS. The summed E-state index contributed by atoms with van der Waals surface area (Å²) in [6, 6.07) is 8.72. The molecule has 110 valence electrons. The molecule has 1 aromatic rings. The van der Waals surface area contributed by atoms with Gasteiger partial charge in [-0.25, -0.2) is 0 Å². The number of hydrogen-bond acceptors (Lipinski definition) is 3. The van der Waals surface area contributed by atoms with Crippen LogP contribution in [0.1, 0.15) is 44.1 Å². The number of fused-ring (bicyclic) bond motifs is 1. The lowest BCUT2D eigenvalue weighted by atomic mass is 9.79. The Kier molecular flexibility index (Phi) is 4.39. The highest BCUT2D eigenvalue weighted by molar-refractivity contribution is 7.99. The van der Waals surface area contributed by atoms with Gasteiger partial charge in [-0.15, -0.1) is 11.8 Å². The quantitative estimate of drug-likeness (QED) is 0.891. The van der Waals surface area contributed by atoms with Crippen molar-refractivity contribution in [2.24, 2.45) is 5.92 Å². The molecule has 3 rings (SSSR count). The first kappa shape index (κ1) is 14.4. The van der Waals surface area contributed by atoms with Crippen molar-refractivity contribution in [1.29, 1.82) is 0 Å². The molecule has 3 unspecified atom stereocenters. The summed E-state index contributed by atoms with van der Waals surface area (Å²) < 4.78 is 0. The molecule has 2 aliphatic rings. The lowest BCUT2D eigenvalue weighted by Crippen LogP contribution is -2.45. The van der Waals surface area contributed by atoms with Gasteiger partial charge in [0.05, 0.1) is 5.60 Å². The van der Waals surface area contributed by atoms with Gasteiger partial charge in [0.2, 0.25) is 0 Å². The Morgan fingerprint density at radius 3 is 3.10 bits per heavy atom. The summed E-state index contributed by atoms with van der Waals surface area (Å²) in [7, 11) is 0. The SMILES string of the molecule is CC1CCCC(O)(CNCC2CSc3ccccc32)C1. The maximum Gasteiger partial charge on any atom is 0.0774 e. The molecule has 3 atom stereocenters. The molecule has 0 radical (unpaired) electrons. The third-order valence-corrected chi connectivity index (χ3v) is 5.96. The van der Waals surface area contributed by atoms with E-state index in [2.05, 4.69) is 36.5 Å². The number of benzene rings is 1. The highest BCUT2D eigenvalue weighted by atomic mass is 32.2. The Morgan fingerprint density at radius 2 is 2.25 bits per heavy atom. The van der Waals surface area contributed by atoms with Crippen molar-refractivity contribution in [1.82, 2.24) is 5.32 Å².